The Morgan fingerprint density at radius 2 is 1.81 bits per heavy atom. The standard InChI is InChI=1S/C21H20FNO3/c1-21(2,3)15-10-8-14(9-11-15)20(24)25-13-16-12-19(26-23-16)17-6-4-5-7-18(17)22/h4-12H,13H2,1-3H3. The zero-order valence-electron chi connectivity index (χ0n) is 15.0. The molecular formula is C21H20FNO3. The number of hydrogen-bond donors (Lipinski definition) is 0. The van der Waals surface area contributed by atoms with E-state index < -0.39 is 11.8 Å². The first-order valence-corrected chi connectivity index (χ1v) is 8.33. The molecule has 0 atom stereocenters. The fourth-order valence-corrected chi connectivity index (χ4v) is 2.50. The van der Waals surface area contributed by atoms with Gasteiger partial charge in [-0.3, -0.25) is 0 Å². The summed E-state index contributed by atoms with van der Waals surface area (Å²) >= 11 is 0. The third kappa shape index (κ3) is 3.99. The molecule has 0 N–H and O–H groups in total. The molecule has 0 aliphatic carbocycles. The Bertz CT molecular complexity index is 908. The zero-order valence-corrected chi connectivity index (χ0v) is 15.0. The first-order valence-electron chi connectivity index (χ1n) is 8.33. The topological polar surface area (TPSA) is 52.3 Å². The van der Waals surface area contributed by atoms with Gasteiger partial charge >= 0.3 is 5.97 Å². The van der Waals surface area contributed by atoms with Gasteiger partial charge in [-0.1, -0.05) is 50.2 Å². The molecule has 0 aliphatic rings. The predicted octanol–water partition coefficient (Wildman–Crippen LogP) is 5.14. The molecule has 0 radical (unpaired) electrons. The Labute approximate surface area is 151 Å². The van der Waals surface area contributed by atoms with Crippen molar-refractivity contribution >= 4 is 5.97 Å². The minimum absolute atomic E-state index is 0.0201. The normalized spacial score (nSPS) is 11.4. The molecule has 0 aliphatic heterocycles. The van der Waals surface area contributed by atoms with Crippen LogP contribution < -0.4 is 0 Å². The summed E-state index contributed by atoms with van der Waals surface area (Å²) < 4.78 is 24.2. The Kier molecular flexibility index (Phi) is 4.89. The van der Waals surface area contributed by atoms with E-state index in [1.807, 2.05) is 12.1 Å². The van der Waals surface area contributed by atoms with Crippen LogP contribution in [-0.2, 0) is 16.8 Å². The van der Waals surface area contributed by atoms with E-state index in [9.17, 15) is 9.18 Å². The Morgan fingerprint density at radius 3 is 2.46 bits per heavy atom. The Morgan fingerprint density at radius 1 is 1.12 bits per heavy atom. The second-order valence-electron chi connectivity index (χ2n) is 7.07. The number of benzene rings is 2. The average Bonchev–Trinajstić information content (AvgIpc) is 3.08. The van der Waals surface area contributed by atoms with Crippen molar-refractivity contribution in [3.05, 3.63) is 77.2 Å². The van der Waals surface area contributed by atoms with Gasteiger partial charge < -0.3 is 9.26 Å². The minimum Gasteiger partial charge on any atom is -0.455 e. The van der Waals surface area contributed by atoms with Crippen molar-refractivity contribution in [2.24, 2.45) is 0 Å². The molecule has 4 nitrogen and oxygen atoms in total. The summed E-state index contributed by atoms with van der Waals surface area (Å²) in [5.41, 5.74) is 2.36. The highest BCUT2D eigenvalue weighted by atomic mass is 19.1. The molecule has 0 unspecified atom stereocenters. The lowest BCUT2D eigenvalue weighted by molar-refractivity contribution is 0.0464. The third-order valence-corrected chi connectivity index (χ3v) is 4.04. The molecule has 2 aromatic carbocycles. The number of esters is 1. The molecule has 1 aromatic heterocycles. The lowest BCUT2D eigenvalue weighted by Crippen LogP contribution is -2.12. The lowest BCUT2D eigenvalue weighted by atomic mass is 9.87. The van der Waals surface area contributed by atoms with Gasteiger partial charge in [0.1, 0.15) is 18.1 Å². The van der Waals surface area contributed by atoms with Crippen molar-refractivity contribution < 1.29 is 18.4 Å². The maximum atomic E-state index is 13.8. The second-order valence-corrected chi connectivity index (χ2v) is 7.07. The van der Waals surface area contributed by atoms with E-state index in [1.165, 1.54) is 6.07 Å². The Hall–Kier alpha value is -2.95. The molecule has 1 heterocycles. The van der Waals surface area contributed by atoms with E-state index in [-0.39, 0.29) is 12.0 Å². The molecule has 0 saturated heterocycles. The van der Waals surface area contributed by atoms with Crippen molar-refractivity contribution in [3.63, 3.8) is 0 Å². The molecule has 0 spiro atoms. The van der Waals surface area contributed by atoms with Gasteiger partial charge in [-0.15, -0.1) is 0 Å². The van der Waals surface area contributed by atoms with Gasteiger partial charge in [0.15, 0.2) is 5.76 Å². The van der Waals surface area contributed by atoms with Crippen LogP contribution in [-0.4, -0.2) is 11.1 Å². The van der Waals surface area contributed by atoms with Gasteiger partial charge in [0.2, 0.25) is 0 Å². The number of rotatable bonds is 4. The van der Waals surface area contributed by atoms with Gasteiger partial charge in [0, 0.05) is 6.07 Å². The fourth-order valence-electron chi connectivity index (χ4n) is 2.50. The van der Waals surface area contributed by atoms with Gasteiger partial charge in [0.05, 0.1) is 11.1 Å². The van der Waals surface area contributed by atoms with Crippen molar-refractivity contribution in [1.82, 2.24) is 5.16 Å². The number of carbonyl (C=O) groups is 1. The van der Waals surface area contributed by atoms with Crippen LogP contribution in [0, 0.1) is 5.82 Å². The molecule has 0 saturated carbocycles. The van der Waals surface area contributed by atoms with E-state index >= 15 is 0 Å². The van der Waals surface area contributed by atoms with Gasteiger partial charge in [-0.05, 0) is 35.2 Å². The minimum atomic E-state index is -0.444. The molecule has 5 heteroatoms. The molecule has 0 amide bonds. The zero-order chi connectivity index (χ0) is 18.7. The summed E-state index contributed by atoms with van der Waals surface area (Å²) in [5.74, 6) is -0.546. The highest BCUT2D eigenvalue weighted by Crippen LogP contribution is 2.24. The van der Waals surface area contributed by atoms with Gasteiger partial charge in [-0.25, -0.2) is 9.18 Å². The molecule has 3 rings (SSSR count). The van der Waals surface area contributed by atoms with E-state index in [2.05, 4.69) is 25.9 Å². The van der Waals surface area contributed by atoms with Crippen LogP contribution in [0.25, 0.3) is 11.3 Å². The number of ether oxygens (including phenoxy) is 1. The highest BCUT2D eigenvalue weighted by Gasteiger charge is 2.16. The number of nitrogens with zero attached hydrogens (tertiary/aromatic N) is 1. The third-order valence-electron chi connectivity index (χ3n) is 4.04. The predicted molar refractivity (Wildman–Crippen MR) is 96.2 cm³/mol. The molecule has 26 heavy (non-hydrogen) atoms. The molecule has 0 fully saturated rings. The number of halogens is 1. The van der Waals surface area contributed by atoms with Crippen LogP contribution >= 0.6 is 0 Å². The first kappa shape index (κ1) is 17.9. The van der Waals surface area contributed by atoms with Crippen LogP contribution in [0.15, 0.2) is 59.1 Å². The maximum Gasteiger partial charge on any atom is 0.338 e. The maximum absolute atomic E-state index is 13.8. The number of hydrogen-bond acceptors (Lipinski definition) is 4. The summed E-state index contributed by atoms with van der Waals surface area (Å²) in [6.07, 6.45) is 0. The van der Waals surface area contributed by atoms with Crippen LogP contribution in [0.2, 0.25) is 0 Å². The Balaban J connectivity index is 1.64. The summed E-state index contributed by atoms with van der Waals surface area (Å²) in [4.78, 5) is 12.2. The summed E-state index contributed by atoms with van der Waals surface area (Å²) in [7, 11) is 0. The van der Waals surface area contributed by atoms with Gasteiger partial charge in [0.25, 0.3) is 0 Å². The lowest BCUT2D eigenvalue weighted by Gasteiger charge is -2.18. The summed E-state index contributed by atoms with van der Waals surface area (Å²) in [5, 5.41) is 3.83. The van der Waals surface area contributed by atoms with Crippen LogP contribution in [0.1, 0.15) is 42.4 Å². The van der Waals surface area contributed by atoms with Crippen LogP contribution in [0.4, 0.5) is 4.39 Å². The molecule has 0 bridgehead atoms. The van der Waals surface area contributed by atoms with Crippen molar-refractivity contribution in [2.75, 3.05) is 0 Å². The van der Waals surface area contributed by atoms with Gasteiger partial charge in [-0.2, -0.15) is 0 Å². The second kappa shape index (κ2) is 7.12. The quantitative estimate of drug-likeness (QED) is 0.610. The summed E-state index contributed by atoms with van der Waals surface area (Å²) in [6, 6.07) is 15.2. The molecule has 134 valence electrons. The summed E-state index contributed by atoms with van der Waals surface area (Å²) in [6.45, 7) is 6.28. The van der Waals surface area contributed by atoms with E-state index in [0.29, 0.717) is 22.6 Å². The van der Waals surface area contributed by atoms with Crippen LogP contribution in [0.5, 0.6) is 0 Å². The molecular weight excluding hydrogens is 333 g/mol. The smallest absolute Gasteiger partial charge is 0.338 e. The van der Waals surface area contributed by atoms with Crippen molar-refractivity contribution in [1.29, 1.82) is 0 Å². The largest absolute Gasteiger partial charge is 0.455 e. The molecule has 3 aromatic rings. The van der Waals surface area contributed by atoms with Crippen molar-refractivity contribution in [3.8, 4) is 11.3 Å². The fraction of sp³-hybridized carbons (Fsp3) is 0.238. The average molecular weight is 353 g/mol. The van der Waals surface area contributed by atoms with Crippen molar-refractivity contribution in [2.45, 2.75) is 32.8 Å². The van der Waals surface area contributed by atoms with E-state index in [4.69, 9.17) is 9.26 Å². The highest BCUT2D eigenvalue weighted by molar-refractivity contribution is 5.89. The first-order chi connectivity index (χ1) is 12.3. The SMILES string of the molecule is CC(C)(C)c1ccc(C(=O)OCc2cc(-c3ccccc3F)on2)cc1. The van der Waals surface area contributed by atoms with Crippen LogP contribution in [0.3, 0.4) is 0 Å². The number of carbonyl (C=O) groups excluding carboxylic acids is 1. The number of aromatic nitrogens is 1. The van der Waals surface area contributed by atoms with E-state index in [0.717, 1.165) is 5.56 Å². The monoisotopic (exact) mass is 353 g/mol. The van der Waals surface area contributed by atoms with E-state index in [1.54, 1.807) is 36.4 Å².